The van der Waals surface area contributed by atoms with E-state index in [1.165, 1.54) is 0 Å². The highest BCUT2D eigenvalue weighted by atomic mass is 16.5. The molecule has 30 heavy (non-hydrogen) atoms. The van der Waals surface area contributed by atoms with Crippen molar-refractivity contribution in [1.29, 1.82) is 0 Å². The number of hydrogen-bond acceptors (Lipinski definition) is 6. The fourth-order valence-electron chi connectivity index (χ4n) is 3.25. The molecule has 0 bridgehead atoms. The van der Waals surface area contributed by atoms with Crippen molar-refractivity contribution in [2.45, 2.75) is 6.54 Å². The van der Waals surface area contributed by atoms with Crippen molar-refractivity contribution in [2.24, 2.45) is 0 Å². The highest BCUT2D eigenvalue weighted by Crippen LogP contribution is 2.26. The first kappa shape index (κ1) is 19.5. The van der Waals surface area contributed by atoms with Gasteiger partial charge in [0.25, 0.3) is 5.91 Å². The van der Waals surface area contributed by atoms with Gasteiger partial charge in [0.1, 0.15) is 5.75 Å². The molecule has 0 unspecified atom stereocenters. The van der Waals surface area contributed by atoms with E-state index in [4.69, 9.17) is 4.74 Å². The third-order valence-electron chi connectivity index (χ3n) is 4.61. The number of nitrogens with one attached hydrogen (secondary N) is 2. The number of methoxy groups -OCH3 is 1. The largest absolute Gasteiger partial charge is 0.495 e. The van der Waals surface area contributed by atoms with Crippen molar-refractivity contribution in [1.82, 2.24) is 25.1 Å². The van der Waals surface area contributed by atoms with E-state index >= 15 is 0 Å². The number of hydrogen-bond donors (Lipinski definition) is 2. The van der Waals surface area contributed by atoms with Gasteiger partial charge in [-0.3, -0.25) is 19.9 Å². The van der Waals surface area contributed by atoms with E-state index < -0.39 is 0 Å². The Morgan fingerprint density at radius 1 is 1.07 bits per heavy atom. The fourth-order valence-corrected chi connectivity index (χ4v) is 3.25. The summed E-state index contributed by atoms with van der Waals surface area (Å²) in [6.45, 7) is 0.803. The zero-order valence-electron chi connectivity index (χ0n) is 17.0. The van der Waals surface area contributed by atoms with Gasteiger partial charge in [0, 0.05) is 36.0 Å². The molecule has 0 fully saturated rings. The lowest BCUT2D eigenvalue weighted by molar-refractivity contribution is 0.102. The lowest BCUT2D eigenvalue weighted by Crippen LogP contribution is -2.13. The minimum Gasteiger partial charge on any atom is -0.495 e. The summed E-state index contributed by atoms with van der Waals surface area (Å²) in [5.41, 5.74) is 4.70. The van der Waals surface area contributed by atoms with Crippen LogP contribution < -0.4 is 10.1 Å². The Labute approximate surface area is 173 Å². The molecule has 0 saturated carbocycles. The molecule has 0 saturated heterocycles. The van der Waals surface area contributed by atoms with Gasteiger partial charge in [0.05, 0.1) is 30.7 Å². The zero-order valence-corrected chi connectivity index (χ0v) is 17.0. The Morgan fingerprint density at radius 2 is 1.90 bits per heavy atom. The molecule has 0 radical (unpaired) electrons. The number of rotatable bonds is 6. The first-order valence-corrected chi connectivity index (χ1v) is 9.41. The predicted molar refractivity (Wildman–Crippen MR) is 115 cm³/mol. The van der Waals surface area contributed by atoms with Crippen LogP contribution in [0.25, 0.3) is 22.0 Å². The maximum atomic E-state index is 12.8. The van der Waals surface area contributed by atoms with Crippen molar-refractivity contribution < 1.29 is 9.53 Å². The number of carbonyl (C=O) groups is 1. The number of fused-ring (bicyclic) bond motifs is 1. The monoisotopic (exact) mass is 402 g/mol. The summed E-state index contributed by atoms with van der Waals surface area (Å²) < 4.78 is 5.15. The first-order valence-electron chi connectivity index (χ1n) is 9.41. The Bertz CT molecular complexity index is 1200. The van der Waals surface area contributed by atoms with E-state index in [1.54, 1.807) is 25.6 Å². The number of pyridine rings is 2. The predicted octanol–water partition coefficient (Wildman–Crippen LogP) is 3.34. The number of anilines is 1. The number of carbonyl (C=O) groups excluding carboxylic acids is 1. The summed E-state index contributed by atoms with van der Waals surface area (Å²) in [6, 6.07) is 9.67. The third-order valence-corrected chi connectivity index (χ3v) is 4.61. The van der Waals surface area contributed by atoms with Gasteiger partial charge in [-0.1, -0.05) is 6.07 Å². The third kappa shape index (κ3) is 4.13. The second-order valence-corrected chi connectivity index (χ2v) is 7.22. The van der Waals surface area contributed by atoms with Crippen molar-refractivity contribution in [2.75, 3.05) is 26.5 Å². The molecule has 3 heterocycles. The molecule has 0 aliphatic carbocycles. The van der Waals surface area contributed by atoms with E-state index in [9.17, 15) is 4.79 Å². The van der Waals surface area contributed by atoms with E-state index in [1.807, 2.05) is 44.7 Å². The van der Waals surface area contributed by atoms with Crippen LogP contribution >= 0.6 is 0 Å². The standard InChI is InChI=1S/C22H22N6O2/c1-28(2)13-14-6-16(10-23-9-14)15-4-5-20-19(7-15)21(27-26-20)22(29)25-17-8-18(30-3)12-24-11-17/h4-12H,13H2,1-3H3,(H,25,29)(H,26,27). The number of aromatic amines is 1. The molecule has 0 atom stereocenters. The minimum absolute atomic E-state index is 0.312. The van der Waals surface area contributed by atoms with Gasteiger partial charge < -0.3 is 15.0 Å². The molecule has 0 aliphatic rings. The quantitative estimate of drug-likeness (QED) is 0.514. The van der Waals surface area contributed by atoms with Gasteiger partial charge in [0.2, 0.25) is 0 Å². The summed E-state index contributed by atoms with van der Waals surface area (Å²) in [5, 5.41) is 10.7. The number of ether oxygens (including phenoxy) is 1. The lowest BCUT2D eigenvalue weighted by atomic mass is 10.0. The SMILES string of the molecule is COc1cncc(NC(=O)c2n[nH]c3ccc(-c4cncc(CN(C)C)c4)cc23)c1. The number of nitrogens with zero attached hydrogens (tertiary/aromatic N) is 4. The van der Waals surface area contributed by atoms with Crippen molar-refractivity contribution >= 4 is 22.5 Å². The molecule has 0 spiro atoms. The van der Waals surface area contributed by atoms with Gasteiger partial charge >= 0.3 is 0 Å². The summed E-state index contributed by atoms with van der Waals surface area (Å²) in [6.07, 6.45) is 6.82. The van der Waals surface area contributed by atoms with Crippen LogP contribution in [-0.4, -0.2) is 52.2 Å². The lowest BCUT2D eigenvalue weighted by Gasteiger charge is -2.10. The molecule has 152 valence electrons. The van der Waals surface area contributed by atoms with Crippen LogP contribution in [0.2, 0.25) is 0 Å². The Balaban J connectivity index is 1.65. The summed E-state index contributed by atoms with van der Waals surface area (Å²) in [5.74, 6) is 0.236. The topological polar surface area (TPSA) is 96.0 Å². The molecule has 8 nitrogen and oxygen atoms in total. The van der Waals surface area contributed by atoms with Gasteiger partial charge in [-0.2, -0.15) is 5.10 Å². The van der Waals surface area contributed by atoms with Gasteiger partial charge in [-0.15, -0.1) is 0 Å². The first-order chi connectivity index (χ1) is 14.5. The second-order valence-electron chi connectivity index (χ2n) is 7.22. The Hall–Kier alpha value is -3.78. The van der Waals surface area contributed by atoms with E-state index in [0.717, 1.165) is 34.1 Å². The van der Waals surface area contributed by atoms with Gasteiger partial charge in [-0.25, -0.2) is 0 Å². The fraction of sp³-hybridized carbons (Fsp3) is 0.182. The Kier molecular flexibility index (Phi) is 5.40. The van der Waals surface area contributed by atoms with Crippen molar-refractivity contribution in [3.05, 3.63) is 66.4 Å². The van der Waals surface area contributed by atoms with Crippen LogP contribution in [0.15, 0.2) is 55.1 Å². The van der Waals surface area contributed by atoms with Crippen LogP contribution in [0.4, 0.5) is 5.69 Å². The van der Waals surface area contributed by atoms with Crippen LogP contribution in [0.1, 0.15) is 16.1 Å². The van der Waals surface area contributed by atoms with Gasteiger partial charge in [-0.05, 0) is 43.4 Å². The van der Waals surface area contributed by atoms with Crippen molar-refractivity contribution in [3.63, 3.8) is 0 Å². The maximum absolute atomic E-state index is 12.8. The van der Waals surface area contributed by atoms with E-state index in [2.05, 4.69) is 36.4 Å². The highest BCUT2D eigenvalue weighted by molar-refractivity contribution is 6.11. The number of H-pyrrole nitrogens is 1. The normalized spacial score (nSPS) is 11.1. The molecule has 4 rings (SSSR count). The average Bonchev–Trinajstić information content (AvgIpc) is 3.17. The summed E-state index contributed by atoms with van der Waals surface area (Å²) >= 11 is 0. The van der Waals surface area contributed by atoms with Crippen LogP contribution in [0.3, 0.4) is 0 Å². The van der Waals surface area contributed by atoms with E-state index in [0.29, 0.717) is 17.1 Å². The number of aromatic nitrogens is 4. The summed E-state index contributed by atoms with van der Waals surface area (Å²) in [4.78, 5) is 23.3. The van der Waals surface area contributed by atoms with Crippen LogP contribution in [-0.2, 0) is 6.54 Å². The van der Waals surface area contributed by atoms with Gasteiger partial charge in [0.15, 0.2) is 5.69 Å². The molecule has 1 amide bonds. The minimum atomic E-state index is -0.326. The van der Waals surface area contributed by atoms with E-state index in [-0.39, 0.29) is 5.91 Å². The molecule has 8 heteroatoms. The van der Waals surface area contributed by atoms with Crippen LogP contribution in [0, 0.1) is 0 Å². The molecule has 1 aromatic carbocycles. The Morgan fingerprint density at radius 3 is 2.70 bits per heavy atom. The zero-order chi connectivity index (χ0) is 21.1. The smallest absolute Gasteiger partial charge is 0.276 e. The maximum Gasteiger partial charge on any atom is 0.276 e. The molecule has 4 aromatic rings. The molecular formula is C22H22N6O2. The summed E-state index contributed by atoms with van der Waals surface area (Å²) in [7, 11) is 5.59. The highest BCUT2D eigenvalue weighted by Gasteiger charge is 2.16. The second kappa shape index (κ2) is 8.30. The molecule has 3 aromatic heterocycles. The molecule has 0 aliphatic heterocycles. The van der Waals surface area contributed by atoms with Crippen LogP contribution in [0.5, 0.6) is 5.75 Å². The average molecular weight is 402 g/mol. The molecular weight excluding hydrogens is 380 g/mol. The molecule has 2 N–H and O–H groups in total. The van der Waals surface area contributed by atoms with Crippen molar-refractivity contribution in [3.8, 4) is 16.9 Å². The number of amides is 1. The number of benzene rings is 1.